The van der Waals surface area contributed by atoms with Gasteiger partial charge in [-0.3, -0.25) is 4.79 Å². The number of nitrogens with one attached hydrogen (secondary N) is 1. The van der Waals surface area contributed by atoms with Crippen LogP contribution in [0.5, 0.6) is 0 Å². The van der Waals surface area contributed by atoms with E-state index in [1.165, 1.54) is 11.3 Å². The first kappa shape index (κ1) is 12.6. The zero-order chi connectivity index (χ0) is 12.3. The molecule has 1 aromatic carbocycles. The third-order valence-electron chi connectivity index (χ3n) is 3.43. The number of ketones is 1. The fourth-order valence-electron chi connectivity index (χ4n) is 2.28. The number of Topliss-reactive ketones (excluding diaryl/α,β-unsaturated/α-hetero) is 1. The average Bonchev–Trinajstić information content (AvgIpc) is 2.30. The predicted molar refractivity (Wildman–Crippen MR) is 74.3 cm³/mol. The van der Waals surface area contributed by atoms with Crippen molar-refractivity contribution < 1.29 is 4.79 Å². The first-order valence-corrected chi connectivity index (χ1v) is 6.96. The van der Waals surface area contributed by atoms with Gasteiger partial charge in [0.2, 0.25) is 0 Å². The molecule has 0 unspecified atom stereocenters. The molecule has 1 N–H and O–H groups in total. The van der Waals surface area contributed by atoms with Crippen molar-refractivity contribution in [1.29, 1.82) is 0 Å². The van der Waals surface area contributed by atoms with Crippen LogP contribution in [-0.4, -0.2) is 12.3 Å². The summed E-state index contributed by atoms with van der Waals surface area (Å²) >= 11 is 3.47. The Labute approximate surface area is 111 Å². The van der Waals surface area contributed by atoms with Crippen molar-refractivity contribution in [2.24, 2.45) is 5.92 Å². The molecule has 1 aliphatic carbocycles. The molecule has 0 aliphatic heterocycles. The van der Waals surface area contributed by atoms with Crippen molar-refractivity contribution >= 4 is 27.4 Å². The second-order valence-corrected chi connectivity index (χ2v) is 5.74. The van der Waals surface area contributed by atoms with Gasteiger partial charge in [-0.1, -0.05) is 15.9 Å². The van der Waals surface area contributed by atoms with Crippen LogP contribution in [0.1, 0.15) is 31.2 Å². The zero-order valence-corrected chi connectivity index (χ0v) is 11.7. The number of rotatable bonds is 3. The fourth-order valence-corrected chi connectivity index (χ4v) is 2.76. The number of aryl methyl sites for hydroxylation is 1. The fraction of sp³-hybridized carbons (Fsp3) is 0.500. The Morgan fingerprint density at radius 3 is 2.71 bits per heavy atom. The van der Waals surface area contributed by atoms with E-state index in [0.717, 1.165) is 36.7 Å². The molecule has 0 radical (unpaired) electrons. The van der Waals surface area contributed by atoms with Gasteiger partial charge in [-0.25, -0.2) is 0 Å². The number of halogens is 1. The van der Waals surface area contributed by atoms with Gasteiger partial charge in [0.05, 0.1) is 0 Å². The molecule has 0 spiro atoms. The van der Waals surface area contributed by atoms with Crippen molar-refractivity contribution in [3.8, 4) is 0 Å². The van der Waals surface area contributed by atoms with E-state index in [1.54, 1.807) is 0 Å². The highest BCUT2D eigenvalue weighted by atomic mass is 79.9. The first-order valence-electron chi connectivity index (χ1n) is 6.17. The molecule has 0 amide bonds. The summed E-state index contributed by atoms with van der Waals surface area (Å²) in [6.07, 6.45) is 3.63. The van der Waals surface area contributed by atoms with Crippen molar-refractivity contribution in [1.82, 2.24) is 0 Å². The van der Waals surface area contributed by atoms with E-state index in [1.807, 2.05) is 0 Å². The topological polar surface area (TPSA) is 29.1 Å². The van der Waals surface area contributed by atoms with E-state index >= 15 is 0 Å². The number of hydrogen-bond donors (Lipinski definition) is 1. The van der Waals surface area contributed by atoms with Crippen LogP contribution in [0.3, 0.4) is 0 Å². The van der Waals surface area contributed by atoms with Gasteiger partial charge in [0.15, 0.2) is 0 Å². The summed E-state index contributed by atoms with van der Waals surface area (Å²) in [7, 11) is 0. The lowest BCUT2D eigenvalue weighted by molar-refractivity contribution is -0.120. The van der Waals surface area contributed by atoms with Crippen LogP contribution in [0.2, 0.25) is 0 Å². The van der Waals surface area contributed by atoms with Crippen LogP contribution in [-0.2, 0) is 4.79 Å². The third kappa shape index (κ3) is 3.56. The highest BCUT2D eigenvalue weighted by Gasteiger charge is 2.18. The Morgan fingerprint density at radius 1 is 1.35 bits per heavy atom. The minimum atomic E-state index is 0.432. The minimum Gasteiger partial charge on any atom is -0.385 e. The molecule has 0 saturated heterocycles. The summed E-state index contributed by atoms with van der Waals surface area (Å²) in [4.78, 5) is 11.1. The normalized spacial score (nSPS) is 17.2. The largest absolute Gasteiger partial charge is 0.385 e. The van der Waals surface area contributed by atoms with E-state index in [2.05, 4.69) is 46.4 Å². The molecule has 3 heteroatoms. The molecule has 2 nitrogen and oxygen atoms in total. The van der Waals surface area contributed by atoms with Gasteiger partial charge >= 0.3 is 0 Å². The second-order valence-electron chi connectivity index (χ2n) is 4.82. The maximum Gasteiger partial charge on any atom is 0.132 e. The van der Waals surface area contributed by atoms with Gasteiger partial charge in [0, 0.05) is 29.5 Å². The quantitative estimate of drug-likeness (QED) is 0.915. The van der Waals surface area contributed by atoms with Crippen LogP contribution in [0, 0.1) is 12.8 Å². The molecule has 0 aromatic heterocycles. The zero-order valence-electron chi connectivity index (χ0n) is 10.1. The molecule has 1 aromatic rings. The van der Waals surface area contributed by atoms with Gasteiger partial charge in [-0.2, -0.15) is 0 Å². The minimum absolute atomic E-state index is 0.432. The lowest BCUT2D eigenvalue weighted by Crippen LogP contribution is -2.21. The van der Waals surface area contributed by atoms with Crippen molar-refractivity contribution in [3.63, 3.8) is 0 Å². The Bertz CT molecular complexity index is 407. The van der Waals surface area contributed by atoms with Crippen LogP contribution in [0.4, 0.5) is 5.69 Å². The number of benzene rings is 1. The van der Waals surface area contributed by atoms with E-state index in [0.29, 0.717) is 11.7 Å². The maximum atomic E-state index is 11.1. The van der Waals surface area contributed by atoms with Crippen molar-refractivity contribution in [2.75, 3.05) is 11.9 Å². The molecule has 0 heterocycles. The number of anilines is 1. The summed E-state index contributed by atoms with van der Waals surface area (Å²) in [6.45, 7) is 3.09. The standard InChI is InChI=1S/C14H18BrNO/c1-10-8-12(15)4-7-14(10)16-9-11-2-5-13(17)6-3-11/h4,7-8,11,16H,2-3,5-6,9H2,1H3. The molecular weight excluding hydrogens is 278 g/mol. The Kier molecular flexibility index (Phi) is 4.21. The van der Waals surface area contributed by atoms with Crippen molar-refractivity contribution in [2.45, 2.75) is 32.6 Å². The summed E-state index contributed by atoms with van der Waals surface area (Å²) in [5.74, 6) is 1.08. The first-order chi connectivity index (χ1) is 8.15. The van der Waals surface area contributed by atoms with Gasteiger partial charge in [0.25, 0.3) is 0 Å². The van der Waals surface area contributed by atoms with Gasteiger partial charge in [-0.05, 0) is 49.4 Å². The molecule has 1 fully saturated rings. The summed E-state index contributed by atoms with van der Waals surface area (Å²) in [5.41, 5.74) is 2.45. The molecule has 92 valence electrons. The number of carbonyl (C=O) groups is 1. The smallest absolute Gasteiger partial charge is 0.132 e. The number of carbonyl (C=O) groups excluding carboxylic acids is 1. The lowest BCUT2D eigenvalue weighted by atomic mass is 9.88. The Morgan fingerprint density at radius 2 is 2.06 bits per heavy atom. The highest BCUT2D eigenvalue weighted by Crippen LogP contribution is 2.24. The third-order valence-corrected chi connectivity index (χ3v) is 3.93. The second kappa shape index (κ2) is 5.67. The van der Waals surface area contributed by atoms with Crippen LogP contribution in [0.15, 0.2) is 22.7 Å². The maximum absolute atomic E-state index is 11.1. The van der Waals surface area contributed by atoms with E-state index < -0.39 is 0 Å². The molecular formula is C14H18BrNO. The van der Waals surface area contributed by atoms with Crippen LogP contribution in [0.25, 0.3) is 0 Å². The average molecular weight is 296 g/mol. The predicted octanol–water partition coefficient (Wildman–Crippen LogP) is 3.93. The van der Waals surface area contributed by atoms with E-state index in [9.17, 15) is 4.79 Å². The summed E-state index contributed by atoms with van der Waals surface area (Å²) < 4.78 is 1.11. The summed E-state index contributed by atoms with van der Waals surface area (Å²) in [5, 5.41) is 3.49. The van der Waals surface area contributed by atoms with Crippen LogP contribution >= 0.6 is 15.9 Å². The van der Waals surface area contributed by atoms with Gasteiger partial charge < -0.3 is 5.32 Å². The van der Waals surface area contributed by atoms with Gasteiger partial charge in [-0.15, -0.1) is 0 Å². The Hall–Kier alpha value is -0.830. The van der Waals surface area contributed by atoms with Crippen molar-refractivity contribution in [3.05, 3.63) is 28.2 Å². The van der Waals surface area contributed by atoms with Crippen LogP contribution < -0.4 is 5.32 Å². The lowest BCUT2D eigenvalue weighted by Gasteiger charge is -2.22. The summed E-state index contributed by atoms with van der Waals surface area (Å²) in [6, 6.07) is 6.28. The monoisotopic (exact) mass is 295 g/mol. The molecule has 1 aliphatic rings. The number of hydrogen-bond acceptors (Lipinski definition) is 2. The molecule has 1 saturated carbocycles. The SMILES string of the molecule is Cc1cc(Br)ccc1NCC1CCC(=O)CC1. The molecule has 0 bridgehead atoms. The van der Waals surface area contributed by atoms with E-state index in [4.69, 9.17) is 0 Å². The van der Waals surface area contributed by atoms with Gasteiger partial charge in [0.1, 0.15) is 5.78 Å². The molecule has 0 atom stereocenters. The molecule has 2 rings (SSSR count). The van der Waals surface area contributed by atoms with E-state index in [-0.39, 0.29) is 0 Å². The molecule has 17 heavy (non-hydrogen) atoms. The highest BCUT2D eigenvalue weighted by molar-refractivity contribution is 9.10. The Balaban J connectivity index is 1.87.